The standard InChI is InChI=1S/C16H26/c1-15(2)13-9-10-16(15,3)14(11-13)12-7-5-4-6-8-12/h7,13-14H,4-6,8-11H2,1-3H3/t13-,14-,16+/m0/s1. The molecule has 0 heterocycles. The maximum atomic E-state index is 2.59. The molecule has 16 heavy (non-hydrogen) atoms. The van der Waals surface area contributed by atoms with E-state index < -0.39 is 0 Å². The van der Waals surface area contributed by atoms with Gasteiger partial charge in [-0.3, -0.25) is 0 Å². The lowest BCUT2D eigenvalue weighted by Crippen LogP contribution is -2.33. The van der Waals surface area contributed by atoms with Crippen LogP contribution < -0.4 is 0 Å². The fourth-order valence-corrected chi connectivity index (χ4v) is 4.94. The molecule has 0 nitrogen and oxygen atoms in total. The first-order chi connectivity index (χ1) is 7.56. The third-order valence-electron chi connectivity index (χ3n) is 6.57. The van der Waals surface area contributed by atoms with Crippen LogP contribution in [0.15, 0.2) is 11.6 Å². The van der Waals surface area contributed by atoms with Crippen molar-refractivity contribution >= 4 is 0 Å². The van der Waals surface area contributed by atoms with Crippen molar-refractivity contribution in [1.29, 1.82) is 0 Å². The molecule has 90 valence electrons. The van der Waals surface area contributed by atoms with Crippen LogP contribution in [0.1, 0.15) is 65.7 Å². The van der Waals surface area contributed by atoms with E-state index in [1.807, 2.05) is 5.57 Å². The summed E-state index contributed by atoms with van der Waals surface area (Å²) in [7, 11) is 0. The molecule has 3 rings (SSSR count). The van der Waals surface area contributed by atoms with E-state index in [0.29, 0.717) is 10.8 Å². The molecule has 3 atom stereocenters. The number of allylic oxidation sites excluding steroid dienone is 2. The molecule has 0 aromatic carbocycles. The average Bonchev–Trinajstić information content (AvgIpc) is 2.62. The van der Waals surface area contributed by atoms with Gasteiger partial charge in [0.05, 0.1) is 0 Å². The Hall–Kier alpha value is -0.260. The Morgan fingerprint density at radius 2 is 2.00 bits per heavy atom. The van der Waals surface area contributed by atoms with Gasteiger partial charge in [-0.25, -0.2) is 0 Å². The summed E-state index contributed by atoms with van der Waals surface area (Å²) in [5, 5.41) is 0. The smallest absolute Gasteiger partial charge is 0.0141 e. The predicted molar refractivity (Wildman–Crippen MR) is 69.3 cm³/mol. The summed E-state index contributed by atoms with van der Waals surface area (Å²) in [5.41, 5.74) is 3.04. The second kappa shape index (κ2) is 3.37. The van der Waals surface area contributed by atoms with E-state index in [1.165, 1.54) is 44.9 Å². The number of hydrogen-bond donors (Lipinski definition) is 0. The zero-order valence-electron chi connectivity index (χ0n) is 11.2. The number of fused-ring (bicyclic) bond motifs is 2. The molecule has 2 saturated carbocycles. The lowest BCUT2D eigenvalue weighted by atomic mass is 9.64. The Bertz CT molecular complexity index is 323. The van der Waals surface area contributed by atoms with Gasteiger partial charge in [0.25, 0.3) is 0 Å². The summed E-state index contributed by atoms with van der Waals surface area (Å²) in [6.45, 7) is 7.65. The topological polar surface area (TPSA) is 0 Å². The number of hydrogen-bond acceptors (Lipinski definition) is 0. The molecule has 2 fully saturated rings. The van der Waals surface area contributed by atoms with Gasteiger partial charge in [-0.05, 0) is 67.6 Å². The summed E-state index contributed by atoms with van der Waals surface area (Å²) in [6, 6.07) is 0. The molecule has 0 radical (unpaired) electrons. The highest BCUT2D eigenvalue weighted by molar-refractivity contribution is 5.22. The van der Waals surface area contributed by atoms with Crippen LogP contribution in [0.3, 0.4) is 0 Å². The molecular formula is C16H26. The lowest BCUT2D eigenvalue weighted by Gasteiger charge is -2.41. The van der Waals surface area contributed by atoms with E-state index in [-0.39, 0.29) is 0 Å². The second-order valence-electron chi connectivity index (χ2n) is 7.19. The monoisotopic (exact) mass is 218 g/mol. The second-order valence-corrected chi connectivity index (χ2v) is 7.19. The largest absolute Gasteiger partial charge is 0.0850 e. The molecule has 0 heteroatoms. The molecule has 3 aliphatic rings. The fraction of sp³-hybridized carbons (Fsp3) is 0.875. The van der Waals surface area contributed by atoms with Gasteiger partial charge < -0.3 is 0 Å². The van der Waals surface area contributed by atoms with E-state index >= 15 is 0 Å². The summed E-state index contributed by atoms with van der Waals surface area (Å²) < 4.78 is 0. The third-order valence-corrected chi connectivity index (χ3v) is 6.57. The van der Waals surface area contributed by atoms with Crippen LogP contribution in [0.5, 0.6) is 0 Å². The summed E-state index contributed by atoms with van der Waals surface area (Å²) in [4.78, 5) is 0. The summed E-state index contributed by atoms with van der Waals surface area (Å²) >= 11 is 0. The molecule has 0 amide bonds. The van der Waals surface area contributed by atoms with Crippen molar-refractivity contribution in [3.63, 3.8) is 0 Å². The van der Waals surface area contributed by atoms with Crippen LogP contribution >= 0.6 is 0 Å². The van der Waals surface area contributed by atoms with Gasteiger partial charge in [0, 0.05) is 0 Å². The van der Waals surface area contributed by atoms with Gasteiger partial charge >= 0.3 is 0 Å². The molecule has 2 bridgehead atoms. The summed E-state index contributed by atoms with van der Waals surface area (Å²) in [6.07, 6.45) is 12.7. The fourth-order valence-electron chi connectivity index (χ4n) is 4.94. The van der Waals surface area contributed by atoms with Gasteiger partial charge in [0.2, 0.25) is 0 Å². The zero-order chi connectivity index (χ0) is 11.4. The van der Waals surface area contributed by atoms with Crippen molar-refractivity contribution < 1.29 is 0 Å². The van der Waals surface area contributed by atoms with Crippen molar-refractivity contribution in [2.75, 3.05) is 0 Å². The van der Waals surface area contributed by atoms with Crippen LogP contribution in [0.4, 0.5) is 0 Å². The Morgan fingerprint density at radius 1 is 1.19 bits per heavy atom. The number of rotatable bonds is 1. The first-order valence-corrected chi connectivity index (χ1v) is 7.24. The van der Waals surface area contributed by atoms with Crippen LogP contribution in [0.2, 0.25) is 0 Å². The predicted octanol–water partition coefficient (Wildman–Crippen LogP) is 4.95. The van der Waals surface area contributed by atoms with E-state index in [0.717, 1.165) is 11.8 Å². The van der Waals surface area contributed by atoms with Gasteiger partial charge in [0.15, 0.2) is 0 Å². The maximum Gasteiger partial charge on any atom is -0.0141 e. The summed E-state index contributed by atoms with van der Waals surface area (Å²) in [5.74, 6) is 1.94. The Balaban J connectivity index is 1.92. The van der Waals surface area contributed by atoms with Gasteiger partial charge in [-0.1, -0.05) is 32.4 Å². The third kappa shape index (κ3) is 1.22. The van der Waals surface area contributed by atoms with Gasteiger partial charge in [-0.2, -0.15) is 0 Å². The van der Waals surface area contributed by atoms with Gasteiger partial charge in [-0.15, -0.1) is 0 Å². The van der Waals surface area contributed by atoms with Crippen molar-refractivity contribution in [3.8, 4) is 0 Å². The first kappa shape index (κ1) is 10.9. The van der Waals surface area contributed by atoms with E-state index in [9.17, 15) is 0 Å². The van der Waals surface area contributed by atoms with Crippen LogP contribution in [-0.2, 0) is 0 Å². The Kier molecular flexibility index (Phi) is 2.29. The van der Waals surface area contributed by atoms with Crippen LogP contribution in [0, 0.1) is 22.7 Å². The molecule has 3 aliphatic carbocycles. The quantitative estimate of drug-likeness (QED) is 0.546. The van der Waals surface area contributed by atoms with Gasteiger partial charge in [0.1, 0.15) is 0 Å². The highest BCUT2D eigenvalue weighted by Crippen LogP contribution is 2.69. The van der Waals surface area contributed by atoms with E-state index in [4.69, 9.17) is 0 Å². The minimum Gasteiger partial charge on any atom is -0.0850 e. The average molecular weight is 218 g/mol. The molecule has 0 spiro atoms. The highest BCUT2D eigenvalue weighted by atomic mass is 14.7. The van der Waals surface area contributed by atoms with Crippen LogP contribution in [0.25, 0.3) is 0 Å². The molecule has 0 N–H and O–H groups in total. The molecule has 0 unspecified atom stereocenters. The SMILES string of the molecule is CC1(C)[C@H]2CC[C@]1(C)[C@H](C1=CCCCC1)C2. The normalized spacial score (nSPS) is 45.8. The lowest BCUT2D eigenvalue weighted by molar-refractivity contribution is 0.116. The maximum absolute atomic E-state index is 2.59. The van der Waals surface area contributed by atoms with Crippen molar-refractivity contribution in [2.45, 2.75) is 65.7 Å². The van der Waals surface area contributed by atoms with Crippen molar-refractivity contribution in [2.24, 2.45) is 22.7 Å². The molecule has 0 aromatic heterocycles. The Labute approximate surface area is 101 Å². The van der Waals surface area contributed by atoms with Crippen LogP contribution in [-0.4, -0.2) is 0 Å². The van der Waals surface area contributed by atoms with E-state index in [2.05, 4.69) is 26.8 Å². The van der Waals surface area contributed by atoms with Crippen molar-refractivity contribution in [1.82, 2.24) is 0 Å². The highest BCUT2D eigenvalue weighted by Gasteiger charge is 2.61. The molecular weight excluding hydrogens is 192 g/mol. The molecule has 0 saturated heterocycles. The first-order valence-electron chi connectivity index (χ1n) is 7.24. The minimum atomic E-state index is 0.593. The minimum absolute atomic E-state index is 0.593. The molecule has 0 aliphatic heterocycles. The van der Waals surface area contributed by atoms with Crippen molar-refractivity contribution in [3.05, 3.63) is 11.6 Å². The van der Waals surface area contributed by atoms with E-state index in [1.54, 1.807) is 0 Å². The molecule has 0 aromatic rings. The zero-order valence-corrected chi connectivity index (χ0v) is 11.2. The Morgan fingerprint density at radius 3 is 2.50 bits per heavy atom.